The largest absolute Gasteiger partial charge is 0.346 e. The second-order valence-electron chi connectivity index (χ2n) is 5.70. The van der Waals surface area contributed by atoms with Crippen LogP contribution in [0.1, 0.15) is 30.5 Å². The first-order valence-corrected chi connectivity index (χ1v) is 10.1. The van der Waals surface area contributed by atoms with Gasteiger partial charge in [-0.15, -0.1) is 0 Å². The number of halogens is 1. The zero-order valence-electron chi connectivity index (χ0n) is 14.1. The number of carbonyl (C=O) groups excluding carboxylic acids is 1. The summed E-state index contributed by atoms with van der Waals surface area (Å²) in [6, 6.07) is 13.6. The standard InChI is InChI=1S/C19H20ClNO3S/c1-3-18(15-7-11-17(12-8-15)25(2,23)24)21-19(22)13-6-14-4-9-16(20)10-5-14/h4-13,18H,3H2,1-2H3,(H,21,22)/b13-6+/t18-/m0/s1. The highest BCUT2D eigenvalue weighted by atomic mass is 35.5. The number of rotatable bonds is 6. The molecule has 2 rings (SSSR count). The van der Waals surface area contributed by atoms with Crippen LogP contribution in [0.3, 0.4) is 0 Å². The molecule has 0 fully saturated rings. The third-order valence-corrected chi connectivity index (χ3v) is 5.11. The van der Waals surface area contributed by atoms with Gasteiger partial charge in [-0.3, -0.25) is 4.79 Å². The fourth-order valence-electron chi connectivity index (χ4n) is 2.33. The topological polar surface area (TPSA) is 63.2 Å². The first kappa shape index (κ1) is 19.2. The van der Waals surface area contributed by atoms with Gasteiger partial charge in [-0.25, -0.2) is 8.42 Å². The van der Waals surface area contributed by atoms with Gasteiger partial charge in [0.15, 0.2) is 9.84 Å². The molecule has 0 heterocycles. The van der Waals surface area contributed by atoms with Crippen molar-refractivity contribution in [2.24, 2.45) is 0 Å². The average Bonchev–Trinajstić information content (AvgIpc) is 2.58. The van der Waals surface area contributed by atoms with Crippen molar-refractivity contribution in [3.63, 3.8) is 0 Å². The molecule has 0 radical (unpaired) electrons. The summed E-state index contributed by atoms with van der Waals surface area (Å²) in [5.41, 5.74) is 1.74. The van der Waals surface area contributed by atoms with Gasteiger partial charge in [0.1, 0.15) is 0 Å². The van der Waals surface area contributed by atoms with Crippen molar-refractivity contribution in [1.82, 2.24) is 5.32 Å². The third kappa shape index (κ3) is 5.73. The Morgan fingerprint density at radius 3 is 2.24 bits per heavy atom. The van der Waals surface area contributed by atoms with Crippen LogP contribution in [-0.4, -0.2) is 20.6 Å². The lowest BCUT2D eigenvalue weighted by molar-refractivity contribution is -0.117. The molecule has 1 N–H and O–H groups in total. The van der Waals surface area contributed by atoms with Gasteiger partial charge in [-0.05, 0) is 47.9 Å². The lowest BCUT2D eigenvalue weighted by Gasteiger charge is -2.16. The Morgan fingerprint density at radius 2 is 1.72 bits per heavy atom. The molecule has 2 aromatic carbocycles. The number of carbonyl (C=O) groups is 1. The van der Waals surface area contributed by atoms with Crippen molar-refractivity contribution in [1.29, 1.82) is 0 Å². The first-order chi connectivity index (χ1) is 11.8. The van der Waals surface area contributed by atoms with E-state index in [1.807, 2.05) is 19.1 Å². The molecule has 0 aliphatic rings. The van der Waals surface area contributed by atoms with Gasteiger partial charge in [-0.2, -0.15) is 0 Å². The lowest BCUT2D eigenvalue weighted by atomic mass is 10.0. The minimum atomic E-state index is -3.23. The van der Waals surface area contributed by atoms with Gasteiger partial charge >= 0.3 is 0 Å². The van der Waals surface area contributed by atoms with Crippen LogP contribution in [0.25, 0.3) is 6.08 Å². The maximum Gasteiger partial charge on any atom is 0.244 e. The van der Waals surface area contributed by atoms with Crippen LogP contribution in [0, 0.1) is 0 Å². The fourth-order valence-corrected chi connectivity index (χ4v) is 3.09. The van der Waals surface area contributed by atoms with Crippen LogP contribution in [0.4, 0.5) is 0 Å². The zero-order chi connectivity index (χ0) is 18.4. The highest BCUT2D eigenvalue weighted by Gasteiger charge is 2.13. The van der Waals surface area contributed by atoms with Crippen molar-refractivity contribution in [3.8, 4) is 0 Å². The SMILES string of the molecule is CC[C@H](NC(=O)/C=C/c1ccc(Cl)cc1)c1ccc(S(C)(=O)=O)cc1. The van der Waals surface area contributed by atoms with E-state index >= 15 is 0 Å². The van der Waals surface area contributed by atoms with Crippen molar-refractivity contribution in [2.75, 3.05) is 6.26 Å². The van der Waals surface area contributed by atoms with E-state index in [4.69, 9.17) is 11.6 Å². The summed E-state index contributed by atoms with van der Waals surface area (Å²) in [6.45, 7) is 1.96. The lowest BCUT2D eigenvalue weighted by Crippen LogP contribution is -2.26. The number of hydrogen-bond acceptors (Lipinski definition) is 3. The number of nitrogens with one attached hydrogen (secondary N) is 1. The Kier molecular flexibility index (Phi) is 6.39. The molecule has 4 nitrogen and oxygen atoms in total. The molecular formula is C19H20ClNO3S. The minimum Gasteiger partial charge on any atom is -0.346 e. The van der Waals surface area contributed by atoms with E-state index < -0.39 is 9.84 Å². The Balaban J connectivity index is 2.05. The summed E-state index contributed by atoms with van der Waals surface area (Å²) in [5, 5.41) is 3.57. The summed E-state index contributed by atoms with van der Waals surface area (Å²) in [6.07, 6.45) is 5.04. The smallest absolute Gasteiger partial charge is 0.244 e. The van der Waals surface area contributed by atoms with Gasteiger partial charge in [0, 0.05) is 17.4 Å². The number of amides is 1. The van der Waals surface area contributed by atoms with E-state index in [0.717, 1.165) is 11.1 Å². The van der Waals surface area contributed by atoms with Crippen molar-refractivity contribution in [3.05, 3.63) is 70.8 Å². The molecule has 1 atom stereocenters. The summed E-state index contributed by atoms with van der Waals surface area (Å²) >= 11 is 5.83. The molecule has 0 bridgehead atoms. The maximum atomic E-state index is 12.1. The second kappa shape index (κ2) is 8.32. The van der Waals surface area contributed by atoms with E-state index in [-0.39, 0.29) is 16.8 Å². The highest BCUT2D eigenvalue weighted by Crippen LogP contribution is 2.19. The van der Waals surface area contributed by atoms with Crippen LogP contribution in [0.15, 0.2) is 59.5 Å². The molecule has 0 unspecified atom stereocenters. The number of sulfone groups is 1. The molecule has 25 heavy (non-hydrogen) atoms. The molecule has 0 aliphatic carbocycles. The van der Waals surface area contributed by atoms with Gasteiger partial charge in [0.2, 0.25) is 5.91 Å². The molecule has 0 spiro atoms. The highest BCUT2D eigenvalue weighted by molar-refractivity contribution is 7.90. The van der Waals surface area contributed by atoms with Crippen LogP contribution in [-0.2, 0) is 14.6 Å². The Morgan fingerprint density at radius 1 is 1.12 bits per heavy atom. The predicted octanol–water partition coefficient (Wildman–Crippen LogP) is 4.02. The quantitative estimate of drug-likeness (QED) is 0.773. The van der Waals surface area contributed by atoms with Crippen molar-refractivity contribution in [2.45, 2.75) is 24.3 Å². The predicted molar refractivity (Wildman–Crippen MR) is 101 cm³/mol. The fraction of sp³-hybridized carbons (Fsp3) is 0.211. The molecule has 6 heteroatoms. The number of benzene rings is 2. The Labute approximate surface area is 153 Å². The van der Waals surface area contributed by atoms with E-state index in [2.05, 4.69) is 5.32 Å². The monoisotopic (exact) mass is 377 g/mol. The summed E-state index contributed by atoms with van der Waals surface area (Å²) < 4.78 is 23.0. The molecule has 0 saturated heterocycles. The molecule has 1 amide bonds. The summed E-state index contributed by atoms with van der Waals surface area (Å²) in [7, 11) is -3.23. The van der Waals surface area contributed by atoms with Crippen molar-refractivity contribution < 1.29 is 13.2 Å². The van der Waals surface area contributed by atoms with Crippen LogP contribution in [0.2, 0.25) is 5.02 Å². The molecule has 0 saturated carbocycles. The first-order valence-electron chi connectivity index (χ1n) is 7.83. The summed E-state index contributed by atoms with van der Waals surface area (Å²) in [4.78, 5) is 12.4. The average molecular weight is 378 g/mol. The van der Waals surface area contributed by atoms with Crippen LogP contribution in [0.5, 0.6) is 0 Å². The summed E-state index contributed by atoms with van der Waals surface area (Å²) in [5.74, 6) is -0.214. The minimum absolute atomic E-state index is 0.184. The van der Waals surface area contributed by atoms with Gasteiger partial charge in [0.05, 0.1) is 10.9 Å². The maximum absolute atomic E-state index is 12.1. The van der Waals surface area contributed by atoms with E-state index in [0.29, 0.717) is 11.4 Å². The third-order valence-electron chi connectivity index (χ3n) is 3.73. The molecule has 0 aromatic heterocycles. The van der Waals surface area contributed by atoms with E-state index in [1.54, 1.807) is 42.5 Å². The molecular weight excluding hydrogens is 358 g/mol. The molecule has 0 aliphatic heterocycles. The number of hydrogen-bond donors (Lipinski definition) is 1. The van der Waals surface area contributed by atoms with Crippen LogP contribution < -0.4 is 5.32 Å². The van der Waals surface area contributed by atoms with Crippen molar-refractivity contribution >= 4 is 33.4 Å². The van der Waals surface area contributed by atoms with Gasteiger partial charge < -0.3 is 5.32 Å². The zero-order valence-corrected chi connectivity index (χ0v) is 15.6. The normalized spacial score (nSPS) is 12.9. The molecule has 132 valence electrons. The van der Waals surface area contributed by atoms with Gasteiger partial charge in [0.25, 0.3) is 0 Å². The van der Waals surface area contributed by atoms with E-state index in [9.17, 15) is 13.2 Å². The Hall–Kier alpha value is -2.11. The van der Waals surface area contributed by atoms with Crippen LogP contribution >= 0.6 is 11.6 Å². The Bertz CT molecular complexity index is 857. The van der Waals surface area contributed by atoms with E-state index in [1.165, 1.54) is 12.3 Å². The second-order valence-corrected chi connectivity index (χ2v) is 8.15. The van der Waals surface area contributed by atoms with Gasteiger partial charge in [-0.1, -0.05) is 42.8 Å². The molecule has 2 aromatic rings.